The molecule has 6 heterocycles. The summed E-state index contributed by atoms with van der Waals surface area (Å²) in [5.74, 6) is 0.419. The first kappa shape index (κ1) is 24.6. The van der Waals surface area contributed by atoms with Crippen molar-refractivity contribution in [1.29, 1.82) is 0 Å². The quantitative estimate of drug-likeness (QED) is 0.192. The Morgan fingerprint density at radius 1 is 1.05 bits per heavy atom. The van der Waals surface area contributed by atoms with Crippen molar-refractivity contribution < 1.29 is 9.18 Å². The molecule has 10 heteroatoms. The molecule has 7 rings (SSSR count). The first-order chi connectivity index (χ1) is 19.6. The SMILES string of the molecule is O=C(CC1CCNCC1)Nc1cncc(-c2ccc3[nH]nc(-c4cc5c(-c6ccc(F)s6)cccc5[nH]4)c3n2)c1. The molecule has 0 unspecified atom stereocenters. The van der Waals surface area contributed by atoms with Crippen molar-refractivity contribution in [1.82, 2.24) is 30.5 Å². The number of benzene rings is 1. The average Bonchev–Trinajstić information content (AvgIpc) is 3.71. The van der Waals surface area contributed by atoms with E-state index in [9.17, 15) is 9.18 Å². The number of hydrogen-bond donors (Lipinski definition) is 4. The number of aromatic nitrogens is 5. The van der Waals surface area contributed by atoms with Gasteiger partial charge in [-0.2, -0.15) is 9.49 Å². The maximum absolute atomic E-state index is 13.7. The number of fused-ring (bicyclic) bond motifs is 2. The summed E-state index contributed by atoms with van der Waals surface area (Å²) in [5.41, 5.74) is 7.10. The second-order valence-corrected chi connectivity index (χ2v) is 11.2. The summed E-state index contributed by atoms with van der Waals surface area (Å²) < 4.78 is 13.7. The summed E-state index contributed by atoms with van der Waals surface area (Å²) >= 11 is 1.13. The smallest absolute Gasteiger partial charge is 0.224 e. The van der Waals surface area contributed by atoms with Gasteiger partial charge in [0.05, 0.1) is 28.8 Å². The van der Waals surface area contributed by atoms with Crippen molar-refractivity contribution in [3.05, 3.63) is 72.1 Å². The van der Waals surface area contributed by atoms with E-state index in [-0.39, 0.29) is 11.0 Å². The van der Waals surface area contributed by atoms with Gasteiger partial charge in [-0.3, -0.25) is 14.9 Å². The lowest BCUT2D eigenvalue weighted by Gasteiger charge is -2.21. The number of halogens is 1. The van der Waals surface area contributed by atoms with E-state index in [1.165, 1.54) is 6.07 Å². The second-order valence-electron chi connectivity index (χ2n) is 10.1. The van der Waals surface area contributed by atoms with Crippen LogP contribution in [0.15, 0.2) is 67.0 Å². The van der Waals surface area contributed by atoms with Gasteiger partial charge in [0.1, 0.15) is 11.2 Å². The number of thiophene rings is 1. The molecule has 1 fully saturated rings. The third-order valence-corrected chi connectivity index (χ3v) is 8.32. The van der Waals surface area contributed by atoms with Gasteiger partial charge in [-0.25, -0.2) is 4.98 Å². The number of H-pyrrole nitrogens is 2. The van der Waals surface area contributed by atoms with Crippen LogP contribution in [0.3, 0.4) is 0 Å². The molecular formula is C30H26FN7OS. The van der Waals surface area contributed by atoms with Crippen molar-refractivity contribution in [3.63, 3.8) is 0 Å². The van der Waals surface area contributed by atoms with Gasteiger partial charge in [0.2, 0.25) is 5.91 Å². The van der Waals surface area contributed by atoms with E-state index in [1.54, 1.807) is 18.5 Å². The van der Waals surface area contributed by atoms with Crippen molar-refractivity contribution in [2.24, 2.45) is 5.92 Å². The first-order valence-corrected chi connectivity index (χ1v) is 14.1. The molecular weight excluding hydrogens is 525 g/mol. The molecule has 6 aromatic rings. The van der Waals surface area contributed by atoms with Crippen molar-refractivity contribution >= 4 is 44.9 Å². The lowest BCUT2D eigenvalue weighted by molar-refractivity contribution is -0.117. The van der Waals surface area contributed by atoms with Gasteiger partial charge in [0.15, 0.2) is 5.13 Å². The largest absolute Gasteiger partial charge is 0.353 e. The van der Waals surface area contributed by atoms with Gasteiger partial charge in [0.25, 0.3) is 0 Å². The van der Waals surface area contributed by atoms with Crippen LogP contribution in [-0.2, 0) is 4.79 Å². The Morgan fingerprint density at radius 2 is 1.95 bits per heavy atom. The fraction of sp³-hybridized carbons (Fsp3) is 0.200. The molecule has 1 amide bonds. The van der Waals surface area contributed by atoms with E-state index < -0.39 is 0 Å². The van der Waals surface area contributed by atoms with E-state index >= 15 is 0 Å². The average molecular weight is 552 g/mol. The number of rotatable bonds is 6. The number of carbonyl (C=O) groups is 1. The van der Waals surface area contributed by atoms with Crippen LogP contribution >= 0.6 is 11.3 Å². The third-order valence-electron chi connectivity index (χ3n) is 7.42. The van der Waals surface area contributed by atoms with E-state index in [2.05, 4.69) is 30.8 Å². The van der Waals surface area contributed by atoms with Crippen LogP contribution in [0.1, 0.15) is 19.3 Å². The molecule has 1 aliphatic rings. The maximum atomic E-state index is 13.7. The molecule has 200 valence electrons. The molecule has 0 atom stereocenters. The zero-order valence-electron chi connectivity index (χ0n) is 21.5. The van der Waals surface area contributed by atoms with E-state index in [4.69, 9.17) is 4.98 Å². The van der Waals surface area contributed by atoms with E-state index in [0.29, 0.717) is 29.2 Å². The molecule has 0 bridgehead atoms. The second kappa shape index (κ2) is 10.3. The van der Waals surface area contributed by atoms with Gasteiger partial charge < -0.3 is 15.6 Å². The number of nitrogens with zero attached hydrogens (tertiary/aromatic N) is 3. The Morgan fingerprint density at radius 3 is 2.80 bits per heavy atom. The molecule has 8 nitrogen and oxygen atoms in total. The van der Waals surface area contributed by atoms with E-state index in [1.807, 2.05) is 42.5 Å². The van der Waals surface area contributed by atoms with Crippen molar-refractivity contribution in [3.8, 4) is 33.1 Å². The number of piperidine rings is 1. The predicted octanol–water partition coefficient (Wildman–Crippen LogP) is 6.36. The molecule has 1 aromatic carbocycles. The van der Waals surface area contributed by atoms with Crippen LogP contribution < -0.4 is 10.6 Å². The highest BCUT2D eigenvalue weighted by molar-refractivity contribution is 7.14. The molecule has 0 spiro atoms. The number of pyridine rings is 2. The topological polar surface area (TPSA) is 111 Å². The normalized spacial score (nSPS) is 14.2. The molecule has 1 aliphatic heterocycles. The first-order valence-electron chi connectivity index (χ1n) is 13.3. The van der Waals surface area contributed by atoms with E-state index in [0.717, 1.165) is 81.1 Å². The molecule has 0 aliphatic carbocycles. The van der Waals surface area contributed by atoms with Gasteiger partial charge in [-0.1, -0.05) is 12.1 Å². The fourth-order valence-corrected chi connectivity index (χ4v) is 6.18. The third kappa shape index (κ3) is 4.76. The maximum Gasteiger partial charge on any atom is 0.224 e. The minimum Gasteiger partial charge on any atom is -0.353 e. The Kier molecular flexibility index (Phi) is 6.33. The highest BCUT2D eigenvalue weighted by Gasteiger charge is 2.18. The summed E-state index contributed by atoms with van der Waals surface area (Å²) in [6.45, 7) is 1.93. The van der Waals surface area contributed by atoms with Gasteiger partial charge in [0, 0.05) is 39.5 Å². The lowest BCUT2D eigenvalue weighted by Crippen LogP contribution is -2.30. The number of aromatic amines is 2. The van der Waals surface area contributed by atoms with Crippen LogP contribution in [0, 0.1) is 11.0 Å². The lowest BCUT2D eigenvalue weighted by atomic mass is 9.94. The zero-order valence-corrected chi connectivity index (χ0v) is 22.3. The highest BCUT2D eigenvalue weighted by Crippen LogP contribution is 2.36. The molecule has 0 saturated carbocycles. The predicted molar refractivity (Wildman–Crippen MR) is 157 cm³/mol. The summed E-state index contributed by atoms with van der Waals surface area (Å²) in [6.07, 6.45) is 5.96. The van der Waals surface area contributed by atoms with Crippen LogP contribution in [-0.4, -0.2) is 44.1 Å². The summed E-state index contributed by atoms with van der Waals surface area (Å²) in [4.78, 5) is 26.3. The van der Waals surface area contributed by atoms with Crippen LogP contribution in [0.25, 0.3) is 55.0 Å². The number of anilines is 1. The molecule has 4 N–H and O–H groups in total. The molecule has 1 saturated heterocycles. The van der Waals surface area contributed by atoms with Crippen molar-refractivity contribution in [2.45, 2.75) is 19.3 Å². The number of carbonyl (C=O) groups excluding carboxylic acids is 1. The number of hydrogen-bond acceptors (Lipinski definition) is 6. The molecule has 5 aromatic heterocycles. The van der Waals surface area contributed by atoms with Crippen LogP contribution in [0.4, 0.5) is 10.1 Å². The van der Waals surface area contributed by atoms with Gasteiger partial charge >= 0.3 is 0 Å². The Hall–Kier alpha value is -4.41. The molecule has 0 radical (unpaired) electrons. The highest BCUT2D eigenvalue weighted by atomic mass is 32.1. The van der Waals surface area contributed by atoms with Crippen LogP contribution in [0.5, 0.6) is 0 Å². The Bertz CT molecular complexity index is 1850. The number of amides is 1. The Labute approximate surface area is 233 Å². The summed E-state index contributed by atoms with van der Waals surface area (Å²) in [6, 6.07) is 17.0. The zero-order chi connectivity index (χ0) is 27.1. The Balaban J connectivity index is 1.19. The minimum atomic E-state index is -0.210. The van der Waals surface area contributed by atoms with Gasteiger partial charge in [-0.05, 0) is 74.3 Å². The standard InChI is InChI=1S/C30H26FN7OS/c31-27-7-6-26(40-27)20-2-1-3-23-21(20)14-25(35-23)30-29-24(37-38-30)5-4-22(36-29)18-13-19(16-33-15-18)34-28(39)12-17-8-10-32-11-9-17/h1-7,13-17,32,35H,8-12H2,(H,34,39)(H,37,38). The van der Waals surface area contributed by atoms with Crippen LogP contribution in [0.2, 0.25) is 0 Å². The monoisotopic (exact) mass is 551 g/mol. The minimum absolute atomic E-state index is 0.00912. The molecule has 40 heavy (non-hydrogen) atoms. The number of nitrogens with one attached hydrogen (secondary N) is 4. The summed E-state index contributed by atoms with van der Waals surface area (Å²) in [7, 11) is 0. The van der Waals surface area contributed by atoms with Crippen molar-refractivity contribution in [2.75, 3.05) is 18.4 Å². The van der Waals surface area contributed by atoms with Gasteiger partial charge in [-0.15, -0.1) is 11.3 Å². The fourth-order valence-electron chi connectivity index (χ4n) is 5.41. The summed E-state index contributed by atoms with van der Waals surface area (Å²) in [5, 5.41) is 14.8.